The summed E-state index contributed by atoms with van der Waals surface area (Å²) < 4.78 is 6.99. The lowest BCUT2D eigenvalue weighted by atomic mass is 10.0. The average molecular weight is 349 g/mol. The van der Waals surface area contributed by atoms with Gasteiger partial charge in [-0.1, -0.05) is 19.9 Å². The first-order valence-electron chi connectivity index (χ1n) is 6.80. The minimum atomic E-state index is 0. The van der Waals surface area contributed by atoms with Crippen molar-refractivity contribution in [1.29, 1.82) is 0 Å². The number of benzene rings is 1. The molecule has 1 atom stereocenters. The van der Waals surface area contributed by atoms with Gasteiger partial charge in [0, 0.05) is 12.5 Å². The fourth-order valence-electron chi connectivity index (χ4n) is 2.27. The molecule has 19 heavy (non-hydrogen) atoms. The Hall–Kier alpha value is -0.250. The Balaban J connectivity index is 0.00000180. The lowest BCUT2D eigenvalue weighted by Crippen LogP contribution is -2.33. The molecule has 2 nitrogen and oxygen atoms in total. The van der Waals surface area contributed by atoms with Gasteiger partial charge in [0.15, 0.2) is 0 Å². The average Bonchev–Trinajstić information content (AvgIpc) is 2.38. The zero-order valence-corrected chi connectivity index (χ0v) is 14.0. The standard InChI is InChI=1S/C15H22BrNO.ClH/c1-11(2)13-5-6-15(14(16)8-13)18-10-12-4-3-7-17-9-12;/h5-6,8,11-12,17H,3-4,7,9-10H2,1-2H3;1H. The molecule has 1 heterocycles. The van der Waals surface area contributed by atoms with Crippen LogP contribution in [0.5, 0.6) is 5.75 Å². The third-order valence-electron chi connectivity index (χ3n) is 3.50. The molecule has 1 unspecified atom stereocenters. The number of ether oxygens (including phenoxy) is 1. The van der Waals surface area contributed by atoms with Gasteiger partial charge in [0.1, 0.15) is 5.75 Å². The van der Waals surface area contributed by atoms with Gasteiger partial charge >= 0.3 is 0 Å². The first-order valence-corrected chi connectivity index (χ1v) is 7.59. The lowest BCUT2D eigenvalue weighted by Gasteiger charge is -2.23. The van der Waals surface area contributed by atoms with Crippen molar-refractivity contribution in [2.75, 3.05) is 19.7 Å². The van der Waals surface area contributed by atoms with Gasteiger partial charge in [-0.25, -0.2) is 0 Å². The minimum Gasteiger partial charge on any atom is -0.492 e. The summed E-state index contributed by atoms with van der Waals surface area (Å²) in [5.74, 6) is 2.17. The van der Waals surface area contributed by atoms with Crippen LogP contribution in [-0.2, 0) is 0 Å². The van der Waals surface area contributed by atoms with Crippen LogP contribution < -0.4 is 10.1 Å². The van der Waals surface area contributed by atoms with E-state index in [1.165, 1.54) is 18.4 Å². The molecule has 1 N–H and O–H groups in total. The van der Waals surface area contributed by atoms with Crippen LogP contribution in [0.1, 0.15) is 38.2 Å². The van der Waals surface area contributed by atoms with Gasteiger partial charge in [0.2, 0.25) is 0 Å². The fourth-order valence-corrected chi connectivity index (χ4v) is 2.78. The van der Waals surface area contributed by atoms with Crippen LogP contribution in [0.4, 0.5) is 0 Å². The summed E-state index contributed by atoms with van der Waals surface area (Å²) in [5, 5.41) is 3.42. The van der Waals surface area contributed by atoms with E-state index in [1.54, 1.807) is 0 Å². The molecule has 2 rings (SSSR count). The quantitative estimate of drug-likeness (QED) is 0.872. The summed E-state index contributed by atoms with van der Waals surface area (Å²) in [6.45, 7) is 7.46. The second-order valence-corrected chi connectivity index (χ2v) is 6.22. The van der Waals surface area contributed by atoms with E-state index < -0.39 is 0 Å². The topological polar surface area (TPSA) is 21.3 Å². The monoisotopic (exact) mass is 347 g/mol. The van der Waals surface area contributed by atoms with Crippen molar-refractivity contribution in [3.8, 4) is 5.75 Å². The number of hydrogen-bond acceptors (Lipinski definition) is 2. The molecule has 0 aromatic heterocycles. The predicted molar refractivity (Wildman–Crippen MR) is 86.6 cm³/mol. The smallest absolute Gasteiger partial charge is 0.133 e. The molecule has 0 bridgehead atoms. The maximum absolute atomic E-state index is 5.92. The van der Waals surface area contributed by atoms with Gasteiger partial charge < -0.3 is 10.1 Å². The number of rotatable bonds is 4. The van der Waals surface area contributed by atoms with Crippen molar-refractivity contribution in [1.82, 2.24) is 5.32 Å². The van der Waals surface area contributed by atoms with E-state index in [9.17, 15) is 0 Å². The Morgan fingerprint density at radius 1 is 1.42 bits per heavy atom. The molecule has 1 saturated heterocycles. The molecule has 0 spiro atoms. The highest BCUT2D eigenvalue weighted by atomic mass is 79.9. The summed E-state index contributed by atoms with van der Waals surface area (Å²) in [6, 6.07) is 6.40. The van der Waals surface area contributed by atoms with Crippen LogP contribution >= 0.6 is 28.3 Å². The predicted octanol–water partition coefficient (Wildman–Crippen LogP) is 4.37. The molecule has 0 aliphatic carbocycles. The number of nitrogens with one attached hydrogen (secondary N) is 1. The molecule has 1 aliphatic rings. The Morgan fingerprint density at radius 2 is 2.21 bits per heavy atom. The van der Waals surface area contributed by atoms with Crippen molar-refractivity contribution in [2.24, 2.45) is 5.92 Å². The van der Waals surface area contributed by atoms with E-state index in [0.717, 1.165) is 29.9 Å². The second-order valence-electron chi connectivity index (χ2n) is 5.37. The zero-order chi connectivity index (χ0) is 13.0. The maximum Gasteiger partial charge on any atom is 0.133 e. The third kappa shape index (κ3) is 4.97. The van der Waals surface area contributed by atoms with Crippen LogP contribution in [0.3, 0.4) is 0 Å². The van der Waals surface area contributed by atoms with Gasteiger partial charge in [0.05, 0.1) is 11.1 Å². The lowest BCUT2D eigenvalue weighted by molar-refractivity contribution is 0.217. The minimum absolute atomic E-state index is 0. The largest absolute Gasteiger partial charge is 0.492 e. The molecule has 1 aromatic rings. The second kappa shape index (κ2) is 8.13. The highest BCUT2D eigenvalue weighted by Crippen LogP contribution is 2.29. The number of halogens is 2. The van der Waals surface area contributed by atoms with E-state index in [1.807, 2.05) is 0 Å². The van der Waals surface area contributed by atoms with Crippen molar-refractivity contribution in [2.45, 2.75) is 32.6 Å². The van der Waals surface area contributed by atoms with Crippen molar-refractivity contribution < 1.29 is 4.74 Å². The molecule has 1 aromatic carbocycles. The fraction of sp³-hybridized carbons (Fsp3) is 0.600. The SMILES string of the molecule is CC(C)c1ccc(OCC2CCCNC2)c(Br)c1.Cl. The summed E-state index contributed by atoms with van der Waals surface area (Å²) in [5.41, 5.74) is 1.34. The van der Waals surface area contributed by atoms with Crippen LogP contribution in [0.15, 0.2) is 22.7 Å². The van der Waals surface area contributed by atoms with E-state index in [-0.39, 0.29) is 12.4 Å². The Morgan fingerprint density at radius 3 is 2.79 bits per heavy atom. The highest BCUT2D eigenvalue weighted by Gasteiger charge is 2.14. The molecule has 4 heteroatoms. The van der Waals surface area contributed by atoms with Gasteiger partial charge in [-0.15, -0.1) is 12.4 Å². The van der Waals surface area contributed by atoms with Crippen LogP contribution in [-0.4, -0.2) is 19.7 Å². The number of hydrogen-bond donors (Lipinski definition) is 1. The molecule has 1 fully saturated rings. The van der Waals surface area contributed by atoms with Crippen molar-refractivity contribution >= 4 is 28.3 Å². The van der Waals surface area contributed by atoms with Gasteiger partial charge in [0.25, 0.3) is 0 Å². The highest BCUT2D eigenvalue weighted by molar-refractivity contribution is 9.10. The normalized spacial score (nSPS) is 19.1. The van der Waals surface area contributed by atoms with Gasteiger partial charge in [-0.3, -0.25) is 0 Å². The molecule has 0 saturated carbocycles. The molecular weight excluding hydrogens is 326 g/mol. The third-order valence-corrected chi connectivity index (χ3v) is 4.12. The molecule has 0 radical (unpaired) electrons. The van der Waals surface area contributed by atoms with E-state index in [4.69, 9.17) is 4.74 Å². The van der Waals surface area contributed by atoms with Gasteiger partial charge in [-0.2, -0.15) is 0 Å². The Kier molecular flexibility index (Phi) is 7.19. The van der Waals surface area contributed by atoms with E-state index in [2.05, 4.69) is 53.3 Å². The number of piperidine rings is 1. The summed E-state index contributed by atoms with van der Waals surface area (Å²) in [6.07, 6.45) is 2.54. The molecule has 0 amide bonds. The summed E-state index contributed by atoms with van der Waals surface area (Å²) in [4.78, 5) is 0. The Labute approximate surface area is 130 Å². The van der Waals surface area contributed by atoms with Crippen molar-refractivity contribution in [3.05, 3.63) is 28.2 Å². The summed E-state index contributed by atoms with van der Waals surface area (Å²) >= 11 is 3.60. The first kappa shape index (κ1) is 16.8. The van der Waals surface area contributed by atoms with Crippen molar-refractivity contribution in [3.63, 3.8) is 0 Å². The van der Waals surface area contributed by atoms with Crippen LogP contribution in [0.25, 0.3) is 0 Å². The van der Waals surface area contributed by atoms with E-state index >= 15 is 0 Å². The zero-order valence-electron chi connectivity index (χ0n) is 11.6. The molecule has 108 valence electrons. The van der Waals surface area contributed by atoms with E-state index in [0.29, 0.717) is 11.8 Å². The maximum atomic E-state index is 5.92. The van der Waals surface area contributed by atoms with Crippen LogP contribution in [0, 0.1) is 5.92 Å². The summed E-state index contributed by atoms with van der Waals surface area (Å²) in [7, 11) is 0. The first-order chi connectivity index (χ1) is 8.66. The molecular formula is C15H23BrClNO. The Bertz CT molecular complexity index is 392. The van der Waals surface area contributed by atoms with Gasteiger partial charge in [-0.05, 0) is 58.9 Å². The molecule has 1 aliphatic heterocycles. The van der Waals surface area contributed by atoms with Crippen LogP contribution in [0.2, 0.25) is 0 Å².